The maximum Gasteiger partial charge on any atom is 0.254 e. The van der Waals surface area contributed by atoms with E-state index in [1.807, 2.05) is 29.2 Å². The molecule has 1 atom stereocenters. The second-order valence-corrected chi connectivity index (χ2v) is 6.68. The van der Waals surface area contributed by atoms with Crippen molar-refractivity contribution in [2.75, 3.05) is 13.1 Å². The normalized spacial score (nSPS) is 19.6. The molecule has 1 aliphatic rings. The van der Waals surface area contributed by atoms with Crippen LogP contribution in [-0.2, 0) is 0 Å². The van der Waals surface area contributed by atoms with Gasteiger partial charge in [0.25, 0.3) is 5.91 Å². The average Bonchev–Trinajstić information content (AvgIpc) is 2.76. The van der Waals surface area contributed by atoms with Gasteiger partial charge in [0.2, 0.25) is 0 Å². The smallest absolute Gasteiger partial charge is 0.254 e. The van der Waals surface area contributed by atoms with Crippen LogP contribution in [0.4, 0.5) is 0 Å². The first-order valence-corrected chi connectivity index (χ1v) is 7.69. The number of hydrogen-bond acceptors (Lipinski definition) is 1. The third-order valence-corrected chi connectivity index (χ3v) is 4.42. The Morgan fingerprint density at radius 1 is 1.44 bits per heavy atom. The molecular formula is C15H20INO. The summed E-state index contributed by atoms with van der Waals surface area (Å²) in [5.41, 5.74) is 0.850. The molecular weight excluding hydrogens is 337 g/mol. The van der Waals surface area contributed by atoms with E-state index < -0.39 is 0 Å². The number of likely N-dealkylation sites (tertiary alicyclic amines) is 1. The van der Waals surface area contributed by atoms with Crippen LogP contribution in [0.15, 0.2) is 24.3 Å². The summed E-state index contributed by atoms with van der Waals surface area (Å²) in [4.78, 5) is 14.4. The third-order valence-electron chi connectivity index (χ3n) is 3.48. The lowest BCUT2D eigenvalue weighted by molar-refractivity contribution is 0.0784. The maximum atomic E-state index is 12.4. The van der Waals surface area contributed by atoms with E-state index in [4.69, 9.17) is 0 Å². The lowest BCUT2D eigenvalue weighted by Gasteiger charge is -2.18. The lowest BCUT2D eigenvalue weighted by Crippen LogP contribution is -2.29. The van der Waals surface area contributed by atoms with Crippen molar-refractivity contribution < 1.29 is 4.79 Å². The summed E-state index contributed by atoms with van der Waals surface area (Å²) < 4.78 is 1.05. The standard InChI is InChI=1S/C15H20INO/c1-11(2)9-12-7-8-17(10-12)15(18)13-5-3-4-6-14(13)16/h3-6,11-12H,7-10H2,1-2H3/t12-/m0/s1. The van der Waals surface area contributed by atoms with Gasteiger partial charge >= 0.3 is 0 Å². The minimum Gasteiger partial charge on any atom is -0.338 e. The summed E-state index contributed by atoms with van der Waals surface area (Å²) in [7, 11) is 0. The van der Waals surface area contributed by atoms with E-state index in [9.17, 15) is 4.79 Å². The van der Waals surface area contributed by atoms with E-state index in [-0.39, 0.29) is 5.91 Å². The average molecular weight is 357 g/mol. The molecule has 2 rings (SSSR count). The number of amides is 1. The van der Waals surface area contributed by atoms with Crippen LogP contribution < -0.4 is 0 Å². The van der Waals surface area contributed by atoms with Crippen LogP contribution in [0.25, 0.3) is 0 Å². The summed E-state index contributed by atoms with van der Waals surface area (Å²) in [6.45, 7) is 6.36. The number of carbonyl (C=O) groups is 1. The van der Waals surface area contributed by atoms with Crippen molar-refractivity contribution in [1.29, 1.82) is 0 Å². The Bertz CT molecular complexity index is 430. The van der Waals surface area contributed by atoms with Crippen LogP contribution in [0.5, 0.6) is 0 Å². The molecule has 1 aliphatic heterocycles. The molecule has 0 aliphatic carbocycles. The van der Waals surface area contributed by atoms with E-state index >= 15 is 0 Å². The molecule has 0 aromatic heterocycles. The topological polar surface area (TPSA) is 20.3 Å². The Morgan fingerprint density at radius 2 is 2.17 bits per heavy atom. The molecule has 1 aromatic carbocycles. The molecule has 0 N–H and O–H groups in total. The summed E-state index contributed by atoms with van der Waals surface area (Å²) in [6, 6.07) is 7.84. The molecule has 3 heteroatoms. The van der Waals surface area contributed by atoms with Crippen LogP contribution >= 0.6 is 22.6 Å². The van der Waals surface area contributed by atoms with Gasteiger partial charge in [-0.3, -0.25) is 4.79 Å². The monoisotopic (exact) mass is 357 g/mol. The Morgan fingerprint density at radius 3 is 2.83 bits per heavy atom. The molecule has 1 heterocycles. The highest BCUT2D eigenvalue weighted by Crippen LogP contribution is 2.25. The van der Waals surface area contributed by atoms with Crippen LogP contribution in [0.3, 0.4) is 0 Å². The molecule has 0 unspecified atom stereocenters. The Labute approximate surface area is 123 Å². The second-order valence-electron chi connectivity index (χ2n) is 5.52. The second kappa shape index (κ2) is 6.04. The van der Waals surface area contributed by atoms with Crippen molar-refractivity contribution in [3.05, 3.63) is 33.4 Å². The van der Waals surface area contributed by atoms with Gasteiger partial charge in [-0.15, -0.1) is 0 Å². The molecule has 1 fully saturated rings. The molecule has 0 spiro atoms. The molecule has 1 saturated heterocycles. The predicted molar refractivity (Wildman–Crippen MR) is 82.6 cm³/mol. The number of halogens is 1. The van der Waals surface area contributed by atoms with E-state index in [0.29, 0.717) is 5.92 Å². The van der Waals surface area contributed by atoms with Gasteiger partial charge < -0.3 is 4.90 Å². The fourth-order valence-corrected chi connectivity index (χ4v) is 3.30. The Kier molecular flexibility index (Phi) is 4.65. The summed E-state index contributed by atoms with van der Waals surface area (Å²) in [6.07, 6.45) is 2.39. The van der Waals surface area contributed by atoms with E-state index in [1.165, 1.54) is 6.42 Å². The first kappa shape index (κ1) is 13.8. The molecule has 1 aromatic rings. The van der Waals surface area contributed by atoms with Gasteiger partial charge in [0.05, 0.1) is 5.56 Å². The highest BCUT2D eigenvalue weighted by Gasteiger charge is 2.27. The summed E-state index contributed by atoms with van der Waals surface area (Å²) >= 11 is 2.24. The van der Waals surface area contributed by atoms with Crippen molar-refractivity contribution in [3.63, 3.8) is 0 Å². The zero-order chi connectivity index (χ0) is 13.1. The van der Waals surface area contributed by atoms with Gasteiger partial charge in [0.15, 0.2) is 0 Å². The Balaban J connectivity index is 2.02. The first-order valence-electron chi connectivity index (χ1n) is 6.61. The van der Waals surface area contributed by atoms with E-state index in [1.54, 1.807) is 0 Å². The predicted octanol–water partition coefficient (Wildman–Crippen LogP) is 3.80. The number of benzene rings is 1. The fourth-order valence-electron chi connectivity index (χ4n) is 2.68. The molecule has 18 heavy (non-hydrogen) atoms. The molecule has 98 valence electrons. The van der Waals surface area contributed by atoms with Gasteiger partial charge in [-0.1, -0.05) is 26.0 Å². The van der Waals surface area contributed by atoms with Crippen molar-refractivity contribution >= 4 is 28.5 Å². The van der Waals surface area contributed by atoms with Gasteiger partial charge in [-0.05, 0) is 59.4 Å². The van der Waals surface area contributed by atoms with Gasteiger partial charge in [0, 0.05) is 16.7 Å². The SMILES string of the molecule is CC(C)C[C@@H]1CCN(C(=O)c2ccccc2I)C1. The summed E-state index contributed by atoms with van der Waals surface area (Å²) in [5.74, 6) is 1.61. The summed E-state index contributed by atoms with van der Waals surface area (Å²) in [5, 5.41) is 0. The molecule has 0 saturated carbocycles. The highest BCUT2D eigenvalue weighted by atomic mass is 127. The molecule has 0 bridgehead atoms. The highest BCUT2D eigenvalue weighted by molar-refractivity contribution is 14.1. The van der Waals surface area contributed by atoms with Crippen LogP contribution in [-0.4, -0.2) is 23.9 Å². The van der Waals surface area contributed by atoms with Crippen LogP contribution in [0, 0.1) is 15.4 Å². The van der Waals surface area contributed by atoms with E-state index in [2.05, 4.69) is 36.4 Å². The van der Waals surface area contributed by atoms with Crippen molar-refractivity contribution in [2.45, 2.75) is 26.7 Å². The van der Waals surface area contributed by atoms with Crippen LogP contribution in [0.2, 0.25) is 0 Å². The molecule has 0 radical (unpaired) electrons. The van der Waals surface area contributed by atoms with Crippen LogP contribution in [0.1, 0.15) is 37.0 Å². The number of hydrogen-bond donors (Lipinski definition) is 0. The third kappa shape index (κ3) is 3.25. The number of rotatable bonds is 3. The lowest BCUT2D eigenvalue weighted by atomic mass is 9.97. The van der Waals surface area contributed by atoms with Gasteiger partial charge in [-0.25, -0.2) is 0 Å². The molecule has 2 nitrogen and oxygen atoms in total. The quantitative estimate of drug-likeness (QED) is 0.754. The minimum atomic E-state index is 0.200. The van der Waals surface area contributed by atoms with Crippen molar-refractivity contribution in [3.8, 4) is 0 Å². The fraction of sp³-hybridized carbons (Fsp3) is 0.533. The Hall–Kier alpha value is -0.580. The minimum absolute atomic E-state index is 0.200. The van der Waals surface area contributed by atoms with Crippen molar-refractivity contribution in [1.82, 2.24) is 4.90 Å². The van der Waals surface area contributed by atoms with Gasteiger partial charge in [-0.2, -0.15) is 0 Å². The zero-order valence-corrected chi connectivity index (χ0v) is 13.2. The van der Waals surface area contributed by atoms with E-state index in [0.717, 1.165) is 34.6 Å². The van der Waals surface area contributed by atoms with Gasteiger partial charge in [0.1, 0.15) is 0 Å². The largest absolute Gasteiger partial charge is 0.338 e. The molecule has 1 amide bonds. The zero-order valence-electron chi connectivity index (χ0n) is 11.0. The maximum absolute atomic E-state index is 12.4. The van der Waals surface area contributed by atoms with Crippen molar-refractivity contribution in [2.24, 2.45) is 11.8 Å². The first-order chi connectivity index (χ1) is 8.58. The number of carbonyl (C=O) groups excluding carboxylic acids is 1. The number of nitrogens with zero attached hydrogens (tertiary/aromatic N) is 1.